The maximum Gasteiger partial charge on any atom is 0.371 e. The van der Waals surface area contributed by atoms with Gasteiger partial charge in [0.1, 0.15) is 6.61 Å². The number of ether oxygens (including phenoxy) is 1. The van der Waals surface area contributed by atoms with Gasteiger partial charge in [0.15, 0.2) is 11.3 Å². The lowest BCUT2D eigenvalue weighted by atomic mass is 10.2. The summed E-state index contributed by atoms with van der Waals surface area (Å²) >= 11 is 0. The van der Waals surface area contributed by atoms with Crippen molar-refractivity contribution in [2.45, 2.75) is 6.61 Å². The van der Waals surface area contributed by atoms with Crippen LogP contribution in [0.25, 0.3) is 11.0 Å². The van der Waals surface area contributed by atoms with Crippen molar-refractivity contribution in [2.75, 3.05) is 0 Å². The minimum Gasteiger partial charge on any atom is -0.485 e. The molecule has 1 N–H and O–H groups in total. The molecule has 0 aliphatic rings. The predicted octanol–water partition coefficient (Wildman–Crippen LogP) is 3.71. The third-order valence-corrected chi connectivity index (χ3v) is 2.96. The van der Waals surface area contributed by atoms with E-state index < -0.39 is 5.97 Å². The summed E-state index contributed by atoms with van der Waals surface area (Å²) < 4.78 is 11.0. The van der Waals surface area contributed by atoms with Crippen molar-refractivity contribution >= 4 is 16.9 Å². The number of rotatable bonds is 4. The minimum absolute atomic E-state index is 0.0873. The fourth-order valence-electron chi connectivity index (χ4n) is 1.99. The number of carbonyl (C=O) groups is 1. The summed E-state index contributed by atoms with van der Waals surface area (Å²) in [6.07, 6.45) is 0. The summed E-state index contributed by atoms with van der Waals surface area (Å²) in [6, 6.07) is 16.6. The fraction of sp³-hybridized carbons (Fsp3) is 0.0625. The monoisotopic (exact) mass is 268 g/mol. The molecule has 1 aromatic heterocycles. The van der Waals surface area contributed by atoms with Gasteiger partial charge in [0.25, 0.3) is 0 Å². The zero-order chi connectivity index (χ0) is 13.9. The fourth-order valence-corrected chi connectivity index (χ4v) is 1.99. The van der Waals surface area contributed by atoms with Crippen LogP contribution in [0.3, 0.4) is 0 Å². The van der Waals surface area contributed by atoms with Gasteiger partial charge in [0, 0.05) is 5.39 Å². The quantitative estimate of drug-likeness (QED) is 0.783. The van der Waals surface area contributed by atoms with Crippen LogP contribution >= 0.6 is 0 Å². The smallest absolute Gasteiger partial charge is 0.371 e. The van der Waals surface area contributed by atoms with Crippen molar-refractivity contribution < 1.29 is 19.1 Å². The lowest BCUT2D eigenvalue weighted by Crippen LogP contribution is -1.95. The van der Waals surface area contributed by atoms with E-state index in [-0.39, 0.29) is 5.76 Å². The SMILES string of the molecule is O=C(O)c1cc2cccc(OCc3ccccc3)c2o1. The number of aromatic carboxylic acids is 1. The summed E-state index contributed by atoms with van der Waals surface area (Å²) in [5.74, 6) is -0.634. The molecule has 100 valence electrons. The summed E-state index contributed by atoms with van der Waals surface area (Å²) in [4.78, 5) is 10.9. The van der Waals surface area contributed by atoms with E-state index in [0.29, 0.717) is 23.3 Å². The Kier molecular flexibility index (Phi) is 3.13. The van der Waals surface area contributed by atoms with E-state index in [2.05, 4.69) is 0 Å². The van der Waals surface area contributed by atoms with Crippen LogP contribution < -0.4 is 4.74 Å². The Morgan fingerprint density at radius 1 is 1.10 bits per heavy atom. The Hall–Kier alpha value is -2.75. The molecule has 0 fully saturated rings. The van der Waals surface area contributed by atoms with Crippen molar-refractivity contribution in [3.8, 4) is 5.75 Å². The molecule has 3 aromatic rings. The van der Waals surface area contributed by atoms with Crippen LogP contribution in [0.15, 0.2) is 59.0 Å². The molecule has 0 saturated carbocycles. The van der Waals surface area contributed by atoms with Gasteiger partial charge in [-0.15, -0.1) is 0 Å². The molecular formula is C16H12O4. The average Bonchev–Trinajstić information content (AvgIpc) is 2.91. The molecule has 0 spiro atoms. The van der Waals surface area contributed by atoms with E-state index in [0.717, 1.165) is 5.56 Å². The second-order valence-electron chi connectivity index (χ2n) is 4.36. The zero-order valence-corrected chi connectivity index (χ0v) is 10.6. The largest absolute Gasteiger partial charge is 0.485 e. The highest BCUT2D eigenvalue weighted by Crippen LogP contribution is 2.29. The third-order valence-electron chi connectivity index (χ3n) is 2.96. The molecule has 0 saturated heterocycles. The molecule has 2 aromatic carbocycles. The number of para-hydroxylation sites is 1. The molecule has 0 unspecified atom stereocenters. The van der Waals surface area contributed by atoms with Gasteiger partial charge in [-0.05, 0) is 17.7 Å². The lowest BCUT2D eigenvalue weighted by Gasteiger charge is -2.06. The van der Waals surface area contributed by atoms with Gasteiger partial charge >= 0.3 is 5.97 Å². The average molecular weight is 268 g/mol. The third kappa shape index (κ3) is 2.36. The Balaban J connectivity index is 1.89. The van der Waals surface area contributed by atoms with Crippen LogP contribution in [0.4, 0.5) is 0 Å². The number of furan rings is 1. The van der Waals surface area contributed by atoms with Crippen LogP contribution in [-0.2, 0) is 6.61 Å². The Morgan fingerprint density at radius 3 is 2.65 bits per heavy atom. The Morgan fingerprint density at radius 2 is 1.90 bits per heavy atom. The van der Waals surface area contributed by atoms with Crippen LogP contribution in [0.1, 0.15) is 16.1 Å². The molecular weight excluding hydrogens is 256 g/mol. The van der Waals surface area contributed by atoms with E-state index >= 15 is 0 Å². The Bertz CT molecular complexity index is 744. The van der Waals surface area contributed by atoms with Gasteiger partial charge in [-0.1, -0.05) is 42.5 Å². The van der Waals surface area contributed by atoms with Crippen LogP contribution in [-0.4, -0.2) is 11.1 Å². The maximum atomic E-state index is 10.9. The second-order valence-corrected chi connectivity index (χ2v) is 4.36. The first-order valence-corrected chi connectivity index (χ1v) is 6.16. The predicted molar refractivity (Wildman–Crippen MR) is 73.9 cm³/mol. The summed E-state index contributed by atoms with van der Waals surface area (Å²) in [6.45, 7) is 0.406. The van der Waals surface area contributed by atoms with Crippen molar-refractivity contribution in [2.24, 2.45) is 0 Å². The highest BCUT2D eigenvalue weighted by Gasteiger charge is 2.13. The summed E-state index contributed by atoms with van der Waals surface area (Å²) in [5.41, 5.74) is 1.50. The van der Waals surface area contributed by atoms with Crippen molar-refractivity contribution in [1.82, 2.24) is 0 Å². The number of fused-ring (bicyclic) bond motifs is 1. The van der Waals surface area contributed by atoms with Gasteiger partial charge < -0.3 is 14.3 Å². The molecule has 3 rings (SSSR count). The van der Waals surface area contributed by atoms with Gasteiger partial charge in [-0.25, -0.2) is 4.79 Å². The van der Waals surface area contributed by atoms with Crippen LogP contribution in [0.2, 0.25) is 0 Å². The van der Waals surface area contributed by atoms with E-state index in [1.54, 1.807) is 12.1 Å². The lowest BCUT2D eigenvalue weighted by molar-refractivity contribution is 0.0665. The molecule has 0 atom stereocenters. The van der Waals surface area contributed by atoms with Gasteiger partial charge in [0.05, 0.1) is 0 Å². The molecule has 4 heteroatoms. The summed E-state index contributed by atoms with van der Waals surface area (Å²) in [5, 5.41) is 9.67. The Labute approximate surface area is 115 Å². The number of benzene rings is 2. The van der Waals surface area contributed by atoms with Crippen molar-refractivity contribution in [3.05, 3.63) is 65.9 Å². The van der Waals surface area contributed by atoms with Gasteiger partial charge in [0.2, 0.25) is 5.76 Å². The normalized spacial score (nSPS) is 10.6. The van der Waals surface area contributed by atoms with Gasteiger partial charge in [-0.3, -0.25) is 0 Å². The molecule has 0 aliphatic heterocycles. The minimum atomic E-state index is -1.09. The first-order valence-electron chi connectivity index (χ1n) is 6.16. The molecule has 20 heavy (non-hydrogen) atoms. The topological polar surface area (TPSA) is 59.7 Å². The molecule has 0 aliphatic carbocycles. The van der Waals surface area contributed by atoms with E-state index in [4.69, 9.17) is 14.3 Å². The first kappa shape index (κ1) is 12.3. The molecule has 0 amide bonds. The first-order chi connectivity index (χ1) is 9.74. The zero-order valence-electron chi connectivity index (χ0n) is 10.6. The summed E-state index contributed by atoms with van der Waals surface area (Å²) in [7, 11) is 0. The van der Waals surface area contributed by atoms with E-state index in [1.807, 2.05) is 36.4 Å². The number of carboxylic acids is 1. The van der Waals surface area contributed by atoms with Crippen molar-refractivity contribution in [3.63, 3.8) is 0 Å². The van der Waals surface area contributed by atoms with Crippen LogP contribution in [0, 0.1) is 0 Å². The standard InChI is InChI=1S/C16H12O4/c17-16(18)14-9-12-7-4-8-13(15(12)20-14)19-10-11-5-2-1-3-6-11/h1-9H,10H2,(H,17,18). The maximum absolute atomic E-state index is 10.9. The van der Waals surface area contributed by atoms with Gasteiger partial charge in [-0.2, -0.15) is 0 Å². The molecule has 1 heterocycles. The second kappa shape index (κ2) is 5.09. The van der Waals surface area contributed by atoms with Crippen LogP contribution in [0.5, 0.6) is 5.75 Å². The number of carboxylic acid groups (broad SMARTS) is 1. The van der Waals surface area contributed by atoms with E-state index in [1.165, 1.54) is 6.07 Å². The molecule has 4 nitrogen and oxygen atoms in total. The molecule has 0 radical (unpaired) electrons. The number of hydrogen-bond acceptors (Lipinski definition) is 3. The highest BCUT2D eigenvalue weighted by atomic mass is 16.5. The van der Waals surface area contributed by atoms with Crippen molar-refractivity contribution in [1.29, 1.82) is 0 Å². The highest BCUT2D eigenvalue weighted by molar-refractivity contribution is 5.93. The molecule has 0 bridgehead atoms. The number of hydrogen-bond donors (Lipinski definition) is 1. The van der Waals surface area contributed by atoms with E-state index in [9.17, 15) is 4.79 Å².